The molecule has 1 aliphatic rings. The van der Waals surface area contributed by atoms with Crippen LogP contribution < -0.4 is 0 Å². The molecule has 1 fully saturated rings. The van der Waals surface area contributed by atoms with Crippen LogP contribution in [0.5, 0.6) is 0 Å². The molecule has 0 aromatic carbocycles. The van der Waals surface area contributed by atoms with E-state index in [1.165, 1.54) is 0 Å². The number of amides is 1. The van der Waals surface area contributed by atoms with Crippen molar-refractivity contribution < 1.29 is 9.32 Å². The van der Waals surface area contributed by atoms with Gasteiger partial charge in [0.05, 0.1) is 16.6 Å². The molecule has 26 heavy (non-hydrogen) atoms. The molecule has 7 heteroatoms. The Balaban J connectivity index is 1.65. The molecule has 3 aromatic rings. The number of carbonyl (C=O) groups excluding carboxylic acids is 1. The fourth-order valence-corrected chi connectivity index (χ4v) is 3.66. The van der Waals surface area contributed by atoms with Gasteiger partial charge < -0.3 is 9.42 Å². The number of fused-ring (bicyclic) bond motifs is 1. The van der Waals surface area contributed by atoms with Crippen molar-refractivity contribution in [3.05, 3.63) is 46.8 Å². The molecule has 0 N–H and O–H groups in total. The van der Waals surface area contributed by atoms with E-state index in [-0.39, 0.29) is 11.8 Å². The largest absolute Gasteiger partial charge is 0.338 e. The Labute approximate surface area is 151 Å². The third kappa shape index (κ3) is 2.94. The Bertz CT molecular complexity index is 981. The number of piperidine rings is 1. The monoisotopic (exact) mass is 351 g/mol. The number of aryl methyl sites for hydroxylation is 3. The Morgan fingerprint density at radius 2 is 2.12 bits per heavy atom. The van der Waals surface area contributed by atoms with Gasteiger partial charge in [-0.15, -0.1) is 0 Å². The van der Waals surface area contributed by atoms with E-state index < -0.39 is 0 Å². The van der Waals surface area contributed by atoms with Gasteiger partial charge in [-0.2, -0.15) is 0 Å². The molecule has 4 heterocycles. The molecule has 1 aliphatic heterocycles. The van der Waals surface area contributed by atoms with Crippen LogP contribution in [0.1, 0.15) is 52.0 Å². The van der Waals surface area contributed by atoms with Crippen molar-refractivity contribution in [3.8, 4) is 0 Å². The Morgan fingerprint density at radius 3 is 2.92 bits per heavy atom. The smallest absolute Gasteiger partial charge is 0.258 e. The van der Waals surface area contributed by atoms with Gasteiger partial charge >= 0.3 is 0 Å². The first kappa shape index (κ1) is 16.6. The van der Waals surface area contributed by atoms with Crippen LogP contribution in [0.2, 0.25) is 0 Å². The van der Waals surface area contributed by atoms with Crippen LogP contribution >= 0.6 is 0 Å². The summed E-state index contributed by atoms with van der Waals surface area (Å²) >= 11 is 0. The second kappa shape index (κ2) is 6.48. The molecule has 4 rings (SSSR count). The van der Waals surface area contributed by atoms with Gasteiger partial charge in [-0.05, 0) is 45.7 Å². The second-order valence-electron chi connectivity index (χ2n) is 6.88. The van der Waals surface area contributed by atoms with Crippen molar-refractivity contribution in [1.82, 2.24) is 25.0 Å². The van der Waals surface area contributed by atoms with Gasteiger partial charge in [0, 0.05) is 36.6 Å². The van der Waals surface area contributed by atoms with Crippen LogP contribution in [0.25, 0.3) is 11.1 Å². The molecular formula is C19H21N5O2. The van der Waals surface area contributed by atoms with Crippen LogP contribution in [0.15, 0.2) is 22.9 Å². The van der Waals surface area contributed by atoms with Crippen LogP contribution in [-0.4, -0.2) is 44.0 Å². The lowest BCUT2D eigenvalue weighted by atomic mass is 9.93. The van der Waals surface area contributed by atoms with Gasteiger partial charge in [0.15, 0.2) is 0 Å². The van der Waals surface area contributed by atoms with Crippen LogP contribution in [0.3, 0.4) is 0 Å². The zero-order valence-corrected chi connectivity index (χ0v) is 15.2. The zero-order chi connectivity index (χ0) is 18.3. The lowest BCUT2D eigenvalue weighted by molar-refractivity contribution is 0.0707. The molecule has 134 valence electrons. The highest BCUT2D eigenvalue weighted by Crippen LogP contribution is 2.29. The number of nitrogens with zero attached hydrogens (tertiary/aromatic N) is 5. The molecule has 1 saturated heterocycles. The third-order valence-electron chi connectivity index (χ3n) is 4.90. The van der Waals surface area contributed by atoms with Gasteiger partial charge in [-0.25, -0.2) is 15.0 Å². The summed E-state index contributed by atoms with van der Waals surface area (Å²) in [6.07, 6.45) is 3.77. The van der Waals surface area contributed by atoms with Crippen LogP contribution in [0, 0.1) is 20.8 Å². The molecule has 7 nitrogen and oxygen atoms in total. The first-order chi connectivity index (χ1) is 12.5. The fourth-order valence-electron chi connectivity index (χ4n) is 3.66. The number of hydrogen-bond donors (Lipinski definition) is 0. The quantitative estimate of drug-likeness (QED) is 0.706. The number of rotatable bonds is 2. The number of likely N-dealkylation sites (tertiary alicyclic amines) is 1. The summed E-state index contributed by atoms with van der Waals surface area (Å²) in [7, 11) is 0. The van der Waals surface area contributed by atoms with Gasteiger partial charge in [-0.3, -0.25) is 4.79 Å². The maximum Gasteiger partial charge on any atom is 0.258 e. The minimum atomic E-state index is 0.00211. The van der Waals surface area contributed by atoms with Crippen molar-refractivity contribution >= 4 is 17.0 Å². The van der Waals surface area contributed by atoms with E-state index >= 15 is 0 Å². The summed E-state index contributed by atoms with van der Waals surface area (Å²) in [5, 5.41) is 4.68. The van der Waals surface area contributed by atoms with Gasteiger partial charge in [0.25, 0.3) is 11.6 Å². The van der Waals surface area contributed by atoms with Crippen molar-refractivity contribution in [3.63, 3.8) is 0 Å². The predicted molar refractivity (Wildman–Crippen MR) is 95.9 cm³/mol. The lowest BCUT2D eigenvalue weighted by Gasteiger charge is -2.32. The minimum Gasteiger partial charge on any atom is -0.338 e. The van der Waals surface area contributed by atoms with Gasteiger partial charge in [0.1, 0.15) is 5.82 Å². The molecule has 0 saturated carbocycles. The Kier molecular flexibility index (Phi) is 4.14. The Hall–Kier alpha value is -2.83. The highest BCUT2D eigenvalue weighted by molar-refractivity contribution is 6.06. The van der Waals surface area contributed by atoms with E-state index in [0.29, 0.717) is 28.9 Å². The van der Waals surface area contributed by atoms with E-state index in [9.17, 15) is 4.79 Å². The molecule has 0 spiro atoms. The normalized spacial score (nSPS) is 17.7. The van der Waals surface area contributed by atoms with E-state index in [0.717, 1.165) is 36.6 Å². The number of aromatic nitrogens is 4. The summed E-state index contributed by atoms with van der Waals surface area (Å²) in [5.74, 6) is 0.996. The van der Waals surface area contributed by atoms with Crippen molar-refractivity contribution in [2.24, 2.45) is 0 Å². The predicted octanol–water partition coefficient (Wildman–Crippen LogP) is 2.96. The summed E-state index contributed by atoms with van der Waals surface area (Å²) in [4.78, 5) is 28.2. The van der Waals surface area contributed by atoms with Gasteiger partial charge in [-0.1, -0.05) is 5.16 Å². The maximum absolute atomic E-state index is 13.3. The van der Waals surface area contributed by atoms with E-state index in [1.807, 2.05) is 37.8 Å². The van der Waals surface area contributed by atoms with Crippen LogP contribution in [0.4, 0.5) is 0 Å². The zero-order valence-electron chi connectivity index (χ0n) is 15.2. The number of pyridine rings is 1. The summed E-state index contributed by atoms with van der Waals surface area (Å²) in [6.45, 7) is 6.98. The van der Waals surface area contributed by atoms with E-state index in [1.54, 1.807) is 6.20 Å². The maximum atomic E-state index is 13.3. The lowest BCUT2D eigenvalue weighted by Crippen LogP contribution is -2.39. The highest BCUT2D eigenvalue weighted by Gasteiger charge is 2.28. The number of hydrogen-bond acceptors (Lipinski definition) is 6. The number of carbonyl (C=O) groups is 1. The second-order valence-corrected chi connectivity index (χ2v) is 6.88. The molecule has 1 amide bonds. The first-order valence-corrected chi connectivity index (χ1v) is 8.85. The SMILES string of the molecule is Cc1cc(C(=O)N2CCC[C@H](c3ccnc(C)n3)C2)c2c(C)noc2n1. The highest BCUT2D eigenvalue weighted by atomic mass is 16.5. The molecule has 0 bridgehead atoms. The van der Waals surface area contributed by atoms with Crippen LogP contribution in [-0.2, 0) is 0 Å². The minimum absolute atomic E-state index is 0.00211. The van der Waals surface area contributed by atoms with E-state index in [4.69, 9.17) is 4.52 Å². The average molecular weight is 351 g/mol. The van der Waals surface area contributed by atoms with Gasteiger partial charge in [0.2, 0.25) is 0 Å². The summed E-state index contributed by atoms with van der Waals surface area (Å²) in [6, 6.07) is 3.78. The molecular weight excluding hydrogens is 330 g/mol. The molecule has 0 radical (unpaired) electrons. The average Bonchev–Trinajstić information content (AvgIpc) is 3.01. The van der Waals surface area contributed by atoms with Crippen molar-refractivity contribution in [2.75, 3.05) is 13.1 Å². The first-order valence-electron chi connectivity index (χ1n) is 8.85. The topological polar surface area (TPSA) is 85.0 Å². The molecule has 0 aliphatic carbocycles. The molecule has 0 unspecified atom stereocenters. The summed E-state index contributed by atoms with van der Waals surface area (Å²) in [5.41, 5.74) is 3.48. The summed E-state index contributed by atoms with van der Waals surface area (Å²) < 4.78 is 5.26. The van der Waals surface area contributed by atoms with Crippen molar-refractivity contribution in [2.45, 2.75) is 39.5 Å². The molecule has 1 atom stereocenters. The fraction of sp³-hybridized carbons (Fsp3) is 0.421. The third-order valence-corrected chi connectivity index (χ3v) is 4.90. The Morgan fingerprint density at radius 1 is 1.27 bits per heavy atom. The molecule has 3 aromatic heterocycles. The van der Waals surface area contributed by atoms with E-state index in [2.05, 4.69) is 20.1 Å². The van der Waals surface area contributed by atoms with Crippen molar-refractivity contribution in [1.29, 1.82) is 0 Å². The standard InChI is InChI=1S/C19H21N5O2/c1-11-9-15(17-12(2)23-26-18(17)21-11)19(25)24-8-4-5-14(10-24)16-6-7-20-13(3)22-16/h6-7,9,14H,4-5,8,10H2,1-3H3/t14-/m0/s1.